The lowest BCUT2D eigenvalue weighted by molar-refractivity contribution is 0.0645. The van der Waals surface area contributed by atoms with E-state index in [1.807, 2.05) is 29.1 Å². The fourth-order valence-electron chi connectivity index (χ4n) is 3.20. The third-order valence-corrected chi connectivity index (χ3v) is 5.36. The van der Waals surface area contributed by atoms with Crippen LogP contribution in [-0.2, 0) is 11.4 Å². The minimum atomic E-state index is 0.313. The number of likely N-dealkylation sites (N-methyl/N-ethyl adjacent to an activating group) is 1. The quantitative estimate of drug-likeness (QED) is 0.726. The van der Waals surface area contributed by atoms with Crippen LogP contribution in [0.15, 0.2) is 30.6 Å². The second-order valence-electron chi connectivity index (χ2n) is 6.26. The van der Waals surface area contributed by atoms with Gasteiger partial charge >= 0.3 is 0 Å². The van der Waals surface area contributed by atoms with E-state index in [-0.39, 0.29) is 0 Å². The Kier molecular flexibility index (Phi) is 6.03. The minimum absolute atomic E-state index is 0.313. The van der Waals surface area contributed by atoms with Crippen molar-refractivity contribution in [2.45, 2.75) is 32.5 Å². The summed E-state index contributed by atoms with van der Waals surface area (Å²) in [6, 6.07) is 7.74. The molecule has 0 saturated carbocycles. The number of aromatic nitrogens is 1. The third kappa shape index (κ3) is 4.19. The van der Waals surface area contributed by atoms with E-state index in [0.29, 0.717) is 28.4 Å². The van der Waals surface area contributed by atoms with E-state index in [1.54, 1.807) is 6.07 Å². The Hall–Kier alpha value is -1.51. The van der Waals surface area contributed by atoms with E-state index in [9.17, 15) is 5.26 Å². The molecule has 25 heavy (non-hydrogen) atoms. The highest BCUT2D eigenvalue weighted by molar-refractivity contribution is 6.43. The molecule has 3 rings (SSSR count). The van der Waals surface area contributed by atoms with Gasteiger partial charge in [-0.05, 0) is 25.5 Å². The second kappa shape index (κ2) is 8.25. The molecule has 0 spiro atoms. The maximum absolute atomic E-state index is 9.50. The molecule has 1 aliphatic heterocycles. The average Bonchev–Trinajstić information content (AvgIpc) is 3.26. The zero-order chi connectivity index (χ0) is 17.8. The van der Waals surface area contributed by atoms with Crippen LogP contribution in [0.1, 0.15) is 25.3 Å². The van der Waals surface area contributed by atoms with Crippen molar-refractivity contribution in [3.63, 3.8) is 0 Å². The number of hydrogen-bond donors (Lipinski definition) is 0. The van der Waals surface area contributed by atoms with Crippen molar-refractivity contribution in [2.24, 2.45) is 0 Å². The first kappa shape index (κ1) is 18.3. The molecule has 6 heteroatoms. The summed E-state index contributed by atoms with van der Waals surface area (Å²) >= 11 is 12.5. The Balaban J connectivity index is 1.82. The van der Waals surface area contributed by atoms with Crippen LogP contribution in [0.3, 0.4) is 0 Å². The Labute approximate surface area is 158 Å². The molecule has 0 N–H and O–H groups in total. The van der Waals surface area contributed by atoms with Crippen molar-refractivity contribution >= 4 is 23.2 Å². The highest BCUT2D eigenvalue weighted by atomic mass is 35.5. The second-order valence-corrected chi connectivity index (χ2v) is 7.04. The molecule has 1 aromatic heterocycles. The molecular weight excluding hydrogens is 357 g/mol. The summed E-state index contributed by atoms with van der Waals surface area (Å²) in [6.45, 7) is 5.54. The van der Waals surface area contributed by atoms with E-state index in [0.717, 1.165) is 43.7 Å². The highest BCUT2D eigenvalue weighted by Crippen LogP contribution is 2.35. The molecule has 2 aromatic rings. The fraction of sp³-hybridized carbons (Fsp3) is 0.421. The molecule has 1 atom stereocenters. The number of benzene rings is 1. The van der Waals surface area contributed by atoms with Crippen LogP contribution in [-0.4, -0.2) is 35.3 Å². The zero-order valence-corrected chi connectivity index (χ0v) is 15.7. The monoisotopic (exact) mass is 377 g/mol. The maximum atomic E-state index is 9.50. The van der Waals surface area contributed by atoms with Gasteiger partial charge in [-0.3, -0.25) is 4.90 Å². The van der Waals surface area contributed by atoms with Gasteiger partial charge in [-0.15, -0.1) is 0 Å². The Bertz CT molecular complexity index is 775. The van der Waals surface area contributed by atoms with Gasteiger partial charge in [0.15, 0.2) is 0 Å². The number of rotatable bonds is 6. The first-order valence-corrected chi connectivity index (χ1v) is 9.26. The van der Waals surface area contributed by atoms with Gasteiger partial charge < -0.3 is 9.30 Å². The lowest BCUT2D eigenvalue weighted by Gasteiger charge is -2.24. The van der Waals surface area contributed by atoms with E-state index >= 15 is 0 Å². The summed E-state index contributed by atoms with van der Waals surface area (Å²) in [6.07, 6.45) is 6.41. The maximum Gasteiger partial charge on any atom is 0.101 e. The van der Waals surface area contributed by atoms with Crippen LogP contribution in [0.25, 0.3) is 11.1 Å². The molecule has 1 aliphatic rings. The lowest BCUT2D eigenvalue weighted by atomic mass is 10.1. The van der Waals surface area contributed by atoms with Gasteiger partial charge in [0, 0.05) is 36.7 Å². The Morgan fingerprint density at radius 1 is 1.32 bits per heavy atom. The van der Waals surface area contributed by atoms with Crippen LogP contribution in [0.2, 0.25) is 10.0 Å². The third-order valence-electron chi connectivity index (χ3n) is 4.54. The first-order valence-electron chi connectivity index (χ1n) is 8.50. The molecule has 4 nitrogen and oxygen atoms in total. The topological polar surface area (TPSA) is 41.2 Å². The average molecular weight is 378 g/mol. The van der Waals surface area contributed by atoms with E-state index in [1.165, 1.54) is 0 Å². The van der Waals surface area contributed by atoms with Crippen LogP contribution in [0, 0.1) is 11.3 Å². The van der Waals surface area contributed by atoms with Crippen molar-refractivity contribution in [3.05, 3.63) is 46.2 Å². The zero-order valence-electron chi connectivity index (χ0n) is 14.2. The largest absolute Gasteiger partial charge is 0.377 e. The number of halogens is 2. The summed E-state index contributed by atoms with van der Waals surface area (Å²) in [5, 5.41) is 10.5. The molecule has 132 valence electrons. The molecule has 1 fully saturated rings. The van der Waals surface area contributed by atoms with Gasteiger partial charge in [-0.25, -0.2) is 0 Å². The molecule has 1 unspecified atom stereocenters. The van der Waals surface area contributed by atoms with Crippen LogP contribution in [0.4, 0.5) is 0 Å². The van der Waals surface area contributed by atoms with Gasteiger partial charge in [0.25, 0.3) is 0 Å². The first-order chi connectivity index (χ1) is 12.1. The molecule has 0 radical (unpaired) electrons. The van der Waals surface area contributed by atoms with Crippen molar-refractivity contribution in [1.29, 1.82) is 5.26 Å². The smallest absolute Gasteiger partial charge is 0.101 e. The molecule has 0 aliphatic carbocycles. The predicted molar refractivity (Wildman–Crippen MR) is 101 cm³/mol. The molecule has 0 bridgehead atoms. The Morgan fingerprint density at radius 3 is 2.84 bits per heavy atom. The van der Waals surface area contributed by atoms with Crippen LogP contribution >= 0.6 is 23.2 Å². The van der Waals surface area contributed by atoms with Gasteiger partial charge in [0.1, 0.15) is 6.07 Å². The highest BCUT2D eigenvalue weighted by Gasteiger charge is 2.19. The van der Waals surface area contributed by atoms with Crippen LogP contribution in [0.5, 0.6) is 0 Å². The normalized spacial score (nSPS) is 17.2. The van der Waals surface area contributed by atoms with E-state index < -0.39 is 0 Å². The molecule has 0 amide bonds. The van der Waals surface area contributed by atoms with Gasteiger partial charge in [-0.2, -0.15) is 5.26 Å². The number of ether oxygens (including phenoxy) is 1. The van der Waals surface area contributed by atoms with Gasteiger partial charge in [-0.1, -0.05) is 42.3 Å². The van der Waals surface area contributed by atoms with Crippen molar-refractivity contribution in [3.8, 4) is 17.2 Å². The summed E-state index contributed by atoms with van der Waals surface area (Å²) in [5.74, 6) is 0. The summed E-state index contributed by atoms with van der Waals surface area (Å²) in [5.41, 5.74) is 2.19. The summed E-state index contributed by atoms with van der Waals surface area (Å²) < 4.78 is 7.77. The fourth-order valence-corrected chi connectivity index (χ4v) is 3.60. The van der Waals surface area contributed by atoms with Crippen molar-refractivity contribution in [2.75, 3.05) is 19.7 Å². The van der Waals surface area contributed by atoms with E-state index in [2.05, 4.69) is 17.9 Å². The van der Waals surface area contributed by atoms with Crippen molar-refractivity contribution < 1.29 is 4.74 Å². The SMILES string of the molecule is CCN(CC1CCCO1)Cn1cc(C#N)c(-c2cccc(Cl)c2Cl)c1. The molecule has 2 heterocycles. The minimum Gasteiger partial charge on any atom is -0.377 e. The van der Waals surface area contributed by atoms with Gasteiger partial charge in [0.05, 0.1) is 28.4 Å². The van der Waals surface area contributed by atoms with Gasteiger partial charge in [0.2, 0.25) is 0 Å². The van der Waals surface area contributed by atoms with Crippen molar-refractivity contribution in [1.82, 2.24) is 9.47 Å². The predicted octanol–water partition coefficient (Wildman–Crippen LogP) is 4.79. The molecule has 1 saturated heterocycles. The molecular formula is C19H21Cl2N3O. The number of hydrogen-bond acceptors (Lipinski definition) is 3. The molecule has 1 aromatic carbocycles. The lowest BCUT2D eigenvalue weighted by Crippen LogP contribution is -2.33. The number of nitrogens with zero attached hydrogens (tertiary/aromatic N) is 3. The standard InChI is InChI=1S/C19H21Cl2N3O/c1-2-23(11-15-5-4-8-25-15)13-24-10-14(9-22)17(12-24)16-6-3-7-18(20)19(16)21/h3,6-7,10,12,15H,2,4-5,8,11,13H2,1H3. The Morgan fingerprint density at radius 2 is 2.16 bits per heavy atom. The summed E-state index contributed by atoms with van der Waals surface area (Å²) in [7, 11) is 0. The van der Waals surface area contributed by atoms with E-state index in [4.69, 9.17) is 27.9 Å². The number of nitriles is 1. The van der Waals surface area contributed by atoms with Crippen LogP contribution < -0.4 is 0 Å². The summed E-state index contributed by atoms with van der Waals surface area (Å²) in [4.78, 5) is 2.32.